The number of methoxy groups -OCH3 is 2. The Morgan fingerprint density at radius 3 is 2.40 bits per heavy atom. The SMILES string of the molecule is C/C=C(\COC)C(=O)OC. The molecule has 0 aliphatic heterocycles. The van der Waals surface area contributed by atoms with E-state index in [-0.39, 0.29) is 5.97 Å². The van der Waals surface area contributed by atoms with E-state index in [9.17, 15) is 4.79 Å². The highest BCUT2D eigenvalue weighted by atomic mass is 16.5. The Kier molecular flexibility index (Phi) is 4.58. The molecule has 0 aliphatic rings. The Hall–Kier alpha value is -0.830. The lowest BCUT2D eigenvalue weighted by Gasteiger charge is -2.01. The second kappa shape index (κ2) is 4.99. The first kappa shape index (κ1) is 9.17. The van der Waals surface area contributed by atoms with E-state index in [2.05, 4.69) is 4.74 Å². The zero-order chi connectivity index (χ0) is 7.98. The van der Waals surface area contributed by atoms with Crippen LogP contribution in [-0.4, -0.2) is 26.8 Å². The molecule has 3 heteroatoms. The monoisotopic (exact) mass is 144 g/mol. The van der Waals surface area contributed by atoms with Crippen LogP contribution < -0.4 is 0 Å². The quantitative estimate of drug-likeness (QED) is 0.433. The molecule has 0 aromatic heterocycles. The van der Waals surface area contributed by atoms with Gasteiger partial charge < -0.3 is 9.47 Å². The molecule has 0 saturated heterocycles. The molecular formula is C7H12O3. The minimum atomic E-state index is -0.329. The van der Waals surface area contributed by atoms with Crippen LogP contribution >= 0.6 is 0 Å². The van der Waals surface area contributed by atoms with Crippen LogP contribution in [0.4, 0.5) is 0 Å². The first-order valence-corrected chi connectivity index (χ1v) is 2.98. The van der Waals surface area contributed by atoms with E-state index in [1.165, 1.54) is 14.2 Å². The number of allylic oxidation sites excluding steroid dienone is 1. The first-order valence-electron chi connectivity index (χ1n) is 2.98. The fourth-order valence-corrected chi connectivity index (χ4v) is 0.547. The first-order chi connectivity index (χ1) is 4.76. The summed E-state index contributed by atoms with van der Waals surface area (Å²) in [7, 11) is 2.88. The number of hydrogen-bond acceptors (Lipinski definition) is 3. The fraction of sp³-hybridized carbons (Fsp3) is 0.571. The van der Waals surface area contributed by atoms with Crippen molar-refractivity contribution >= 4 is 5.97 Å². The Balaban J connectivity index is 3.95. The number of esters is 1. The molecule has 0 heterocycles. The van der Waals surface area contributed by atoms with E-state index in [1.54, 1.807) is 13.0 Å². The minimum Gasteiger partial charge on any atom is -0.466 e. The summed E-state index contributed by atoms with van der Waals surface area (Å²) >= 11 is 0. The number of rotatable bonds is 3. The molecule has 58 valence electrons. The highest BCUT2D eigenvalue weighted by Crippen LogP contribution is 1.96. The molecule has 0 N–H and O–H groups in total. The van der Waals surface area contributed by atoms with Crippen LogP contribution in [0.2, 0.25) is 0 Å². The van der Waals surface area contributed by atoms with Crippen LogP contribution in [-0.2, 0) is 14.3 Å². The van der Waals surface area contributed by atoms with Crippen LogP contribution in [0.5, 0.6) is 0 Å². The summed E-state index contributed by atoms with van der Waals surface area (Å²) in [4.78, 5) is 10.8. The van der Waals surface area contributed by atoms with Crippen molar-refractivity contribution in [2.45, 2.75) is 6.92 Å². The number of ether oxygens (including phenoxy) is 2. The Morgan fingerprint density at radius 2 is 2.10 bits per heavy atom. The highest BCUT2D eigenvalue weighted by Gasteiger charge is 2.05. The third kappa shape index (κ3) is 2.64. The van der Waals surface area contributed by atoms with Gasteiger partial charge in [0.1, 0.15) is 0 Å². The molecule has 0 bridgehead atoms. The van der Waals surface area contributed by atoms with Gasteiger partial charge in [0, 0.05) is 7.11 Å². The third-order valence-electron chi connectivity index (χ3n) is 1.10. The molecule has 0 fully saturated rings. The van der Waals surface area contributed by atoms with Crippen LogP contribution in [0.25, 0.3) is 0 Å². The second-order valence-electron chi connectivity index (χ2n) is 1.74. The van der Waals surface area contributed by atoms with Gasteiger partial charge in [-0.2, -0.15) is 0 Å². The molecule has 10 heavy (non-hydrogen) atoms. The van der Waals surface area contributed by atoms with Crippen LogP contribution in [0.15, 0.2) is 11.6 Å². The maximum absolute atomic E-state index is 10.8. The van der Waals surface area contributed by atoms with Crippen molar-refractivity contribution in [2.24, 2.45) is 0 Å². The fourth-order valence-electron chi connectivity index (χ4n) is 0.547. The topological polar surface area (TPSA) is 35.5 Å². The van der Waals surface area contributed by atoms with Crippen LogP contribution in [0.3, 0.4) is 0 Å². The van der Waals surface area contributed by atoms with Crippen LogP contribution in [0, 0.1) is 0 Å². The summed E-state index contributed by atoms with van der Waals surface area (Å²) in [6.07, 6.45) is 1.68. The predicted molar refractivity (Wildman–Crippen MR) is 37.6 cm³/mol. The van der Waals surface area contributed by atoms with Gasteiger partial charge in [-0.3, -0.25) is 0 Å². The molecule has 0 aromatic rings. The molecule has 0 aliphatic carbocycles. The van der Waals surface area contributed by atoms with E-state index in [4.69, 9.17) is 4.74 Å². The van der Waals surface area contributed by atoms with Gasteiger partial charge in [-0.05, 0) is 6.92 Å². The van der Waals surface area contributed by atoms with Crippen LogP contribution in [0.1, 0.15) is 6.92 Å². The lowest BCUT2D eigenvalue weighted by molar-refractivity contribution is -0.136. The molecular weight excluding hydrogens is 132 g/mol. The number of carbonyl (C=O) groups excluding carboxylic acids is 1. The standard InChI is InChI=1S/C7H12O3/c1-4-6(5-9-2)7(8)10-3/h4H,5H2,1-3H3/b6-4+. The molecule has 0 amide bonds. The zero-order valence-corrected chi connectivity index (χ0v) is 6.51. The van der Waals surface area contributed by atoms with Gasteiger partial charge in [0.25, 0.3) is 0 Å². The van der Waals surface area contributed by atoms with Crippen molar-refractivity contribution in [2.75, 3.05) is 20.8 Å². The second-order valence-corrected chi connectivity index (χ2v) is 1.74. The van der Waals surface area contributed by atoms with Gasteiger partial charge in [0.05, 0.1) is 19.3 Å². The molecule has 0 saturated carbocycles. The summed E-state index contributed by atoms with van der Waals surface area (Å²) in [6, 6.07) is 0. The van der Waals surface area contributed by atoms with Gasteiger partial charge in [-0.15, -0.1) is 0 Å². The van der Waals surface area contributed by atoms with Crippen molar-refractivity contribution in [3.63, 3.8) is 0 Å². The summed E-state index contributed by atoms with van der Waals surface area (Å²) in [6.45, 7) is 2.08. The molecule has 0 unspecified atom stereocenters. The smallest absolute Gasteiger partial charge is 0.335 e. The van der Waals surface area contributed by atoms with Crippen molar-refractivity contribution in [1.29, 1.82) is 0 Å². The average Bonchev–Trinajstić information content (AvgIpc) is 1.99. The molecule has 3 nitrogen and oxygen atoms in total. The Bertz CT molecular complexity index is 138. The number of hydrogen-bond donors (Lipinski definition) is 0. The van der Waals surface area contributed by atoms with E-state index in [0.717, 1.165) is 0 Å². The maximum Gasteiger partial charge on any atom is 0.335 e. The van der Waals surface area contributed by atoms with Gasteiger partial charge in [0.2, 0.25) is 0 Å². The molecule has 0 spiro atoms. The summed E-state index contributed by atoms with van der Waals surface area (Å²) in [5.74, 6) is -0.329. The minimum absolute atomic E-state index is 0.309. The highest BCUT2D eigenvalue weighted by molar-refractivity contribution is 5.88. The van der Waals surface area contributed by atoms with Crippen molar-refractivity contribution in [3.8, 4) is 0 Å². The summed E-state index contributed by atoms with van der Waals surface area (Å²) in [5.41, 5.74) is 0.546. The molecule has 0 aromatic carbocycles. The molecule has 0 rings (SSSR count). The molecule has 0 radical (unpaired) electrons. The summed E-state index contributed by atoms with van der Waals surface area (Å²) < 4.78 is 9.22. The number of carbonyl (C=O) groups is 1. The Labute approximate surface area is 60.6 Å². The van der Waals surface area contributed by atoms with Crippen molar-refractivity contribution in [3.05, 3.63) is 11.6 Å². The third-order valence-corrected chi connectivity index (χ3v) is 1.10. The van der Waals surface area contributed by atoms with Gasteiger partial charge in [-0.1, -0.05) is 6.08 Å². The maximum atomic E-state index is 10.8. The average molecular weight is 144 g/mol. The van der Waals surface area contributed by atoms with Crippen molar-refractivity contribution in [1.82, 2.24) is 0 Å². The van der Waals surface area contributed by atoms with E-state index < -0.39 is 0 Å². The predicted octanol–water partition coefficient (Wildman–Crippen LogP) is 0.752. The van der Waals surface area contributed by atoms with Gasteiger partial charge >= 0.3 is 5.97 Å². The van der Waals surface area contributed by atoms with Crippen molar-refractivity contribution < 1.29 is 14.3 Å². The summed E-state index contributed by atoms with van der Waals surface area (Å²) in [5, 5.41) is 0. The van der Waals surface area contributed by atoms with Gasteiger partial charge in [0.15, 0.2) is 0 Å². The lowest BCUT2D eigenvalue weighted by atomic mass is 10.3. The largest absolute Gasteiger partial charge is 0.466 e. The normalized spacial score (nSPS) is 11.3. The van der Waals surface area contributed by atoms with E-state index >= 15 is 0 Å². The van der Waals surface area contributed by atoms with Gasteiger partial charge in [-0.25, -0.2) is 4.79 Å². The van der Waals surface area contributed by atoms with E-state index in [1.807, 2.05) is 0 Å². The molecule has 0 atom stereocenters. The van der Waals surface area contributed by atoms with E-state index in [0.29, 0.717) is 12.2 Å². The lowest BCUT2D eigenvalue weighted by Crippen LogP contribution is -2.09. The Morgan fingerprint density at radius 1 is 1.50 bits per heavy atom. The zero-order valence-electron chi connectivity index (χ0n) is 6.51.